The van der Waals surface area contributed by atoms with E-state index in [0.717, 1.165) is 17.4 Å². The number of hydrogen-bond acceptors (Lipinski definition) is 10. The molecule has 3 aromatic rings. The summed E-state index contributed by atoms with van der Waals surface area (Å²) >= 11 is 1.50. The van der Waals surface area contributed by atoms with Crippen molar-refractivity contribution >= 4 is 45.9 Å². The number of alkyl halides is 3. The van der Waals surface area contributed by atoms with Gasteiger partial charge in [0, 0.05) is 0 Å². The minimum Gasteiger partial charge on any atom is -0.463 e. The van der Waals surface area contributed by atoms with Gasteiger partial charge in [-0.3, -0.25) is 4.79 Å². The molecule has 0 aliphatic heterocycles. The standard InChI is InChI=1S/C23H22F3N3O6S2/c1-5-33-21(32)18-12(4)17(20(31)35-11(2)3)19(37-18)29-16(30)10-36-22-27-13(14-7-6-8-34-14)9-15(28-22)23(24,25)26/h6-9,11H,5,10H2,1-4H3,(H,29,30). The summed E-state index contributed by atoms with van der Waals surface area (Å²) in [4.78, 5) is 45.4. The minimum absolute atomic E-state index is 0.00414. The molecule has 9 nitrogen and oxygen atoms in total. The number of hydrogen-bond donors (Lipinski definition) is 1. The fourth-order valence-electron chi connectivity index (χ4n) is 2.99. The normalized spacial score (nSPS) is 11.5. The van der Waals surface area contributed by atoms with Crippen LogP contribution in [0.4, 0.5) is 18.2 Å². The number of halogens is 3. The quantitative estimate of drug-likeness (QED) is 0.204. The lowest BCUT2D eigenvalue weighted by atomic mass is 10.1. The largest absolute Gasteiger partial charge is 0.463 e. The molecular formula is C23H22F3N3O6S2. The first kappa shape index (κ1) is 28.2. The molecule has 0 atom stereocenters. The molecule has 3 heterocycles. The molecule has 0 aliphatic carbocycles. The molecule has 0 aromatic carbocycles. The maximum atomic E-state index is 13.4. The van der Waals surface area contributed by atoms with Crippen LogP contribution in [0.3, 0.4) is 0 Å². The lowest BCUT2D eigenvalue weighted by molar-refractivity contribution is -0.141. The summed E-state index contributed by atoms with van der Waals surface area (Å²) in [6.45, 7) is 6.55. The molecule has 0 bridgehead atoms. The number of nitrogens with zero attached hydrogens (tertiary/aromatic N) is 2. The van der Waals surface area contributed by atoms with E-state index in [1.165, 1.54) is 25.3 Å². The third kappa shape index (κ3) is 7.10. The zero-order chi connectivity index (χ0) is 27.3. The third-order valence-corrected chi connectivity index (χ3v) is 6.54. The van der Waals surface area contributed by atoms with Crippen LogP contribution in [0.1, 0.15) is 52.1 Å². The highest BCUT2D eigenvalue weighted by molar-refractivity contribution is 7.99. The number of ether oxygens (including phenoxy) is 2. The molecule has 0 aliphatic rings. The van der Waals surface area contributed by atoms with Crippen LogP contribution in [-0.4, -0.2) is 46.3 Å². The van der Waals surface area contributed by atoms with Gasteiger partial charge in [0.05, 0.1) is 30.3 Å². The first-order chi connectivity index (χ1) is 17.4. The van der Waals surface area contributed by atoms with E-state index < -0.39 is 35.8 Å². The summed E-state index contributed by atoms with van der Waals surface area (Å²) in [5.41, 5.74) is -1.01. The van der Waals surface area contributed by atoms with Crippen LogP contribution in [-0.2, 0) is 20.4 Å². The highest BCUT2D eigenvalue weighted by Gasteiger charge is 2.34. The number of nitrogens with one attached hydrogen (secondary N) is 1. The minimum atomic E-state index is -4.74. The van der Waals surface area contributed by atoms with Gasteiger partial charge in [0.15, 0.2) is 10.9 Å². The van der Waals surface area contributed by atoms with Crippen LogP contribution in [0.5, 0.6) is 0 Å². The van der Waals surface area contributed by atoms with Gasteiger partial charge in [0.25, 0.3) is 0 Å². The predicted octanol–water partition coefficient (Wildman–Crippen LogP) is 5.60. The van der Waals surface area contributed by atoms with E-state index in [-0.39, 0.29) is 50.0 Å². The average Bonchev–Trinajstić information content (AvgIpc) is 3.45. The van der Waals surface area contributed by atoms with Crippen molar-refractivity contribution in [2.24, 2.45) is 0 Å². The zero-order valence-electron chi connectivity index (χ0n) is 20.1. The van der Waals surface area contributed by atoms with Crippen LogP contribution in [0.15, 0.2) is 34.0 Å². The summed E-state index contributed by atoms with van der Waals surface area (Å²) in [6.07, 6.45) is -3.91. The molecule has 3 rings (SSSR count). The molecule has 0 saturated heterocycles. The van der Waals surface area contributed by atoms with Crippen LogP contribution in [0, 0.1) is 6.92 Å². The summed E-state index contributed by atoms with van der Waals surface area (Å²) in [7, 11) is 0. The molecule has 0 unspecified atom stereocenters. The van der Waals surface area contributed by atoms with E-state index >= 15 is 0 Å². The Morgan fingerprint density at radius 1 is 1.22 bits per heavy atom. The summed E-state index contributed by atoms with van der Waals surface area (Å²) in [6, 6.07) is 3.70. The topological polar surface area (TPSA) is 121 Å². The smallest absolute Gasteiger partial charge is 0.433 e. The maximum Gasteiger partial charge on any atom is 0.433 e. The summed E-state index contributed by atoms with van der Waals surface area (Å²) < 4.78 is 55.5. The third-order valence-electron chi connectivity index (χ3n) is 4.51. The number of thioether (sulfide) groups is 1. The number of amides is 1. The van der Waals surface area contributed by atoms with Crippen LogP contribution in [0.2, 0.25) is 0 Å². The van der Waals surface area contributed by atoms with Gasteiger partial charge >= 0.3 is 18.1 Å². The predicted molar refractivity (Wildman–Crippen MR) is 130 cm³/mol. The zero-order valence-corrected chi connectivity index (χ0v) is 21.7. The van der Waals surface area contributed by atoms with Crippen molar-refractivity contribution in [3.8, 4) is 11.5 Å². The van der Waals surface area contributed by atoms with Crippen molar-refractivity contribution in [3.05, 3.63) is 46.2 Å². The first-order valence-electron chi connectivity index (χ1n) is 10.8. The Morgan fingerprint density at radius 2 is 1.95 bits per heavy atom. The van der Waals surface area contributed by atoms with E-state index in [1.807, 2.05) is 0 Å². The van der Waals surface area contributed by atoms with Gasteiger partial charge in [-0.15, -0.1) is 11.3 Å². The molecule has 0 radical (unpaired) electrons. The number of furan rings is 1. The Bertz CT molecular complexity index is 1290. The fraction of sp³-hybridized carbons (Fsp3) is 0.348. The van der Waals surface area contributed by atoms with E-state index in [0.29, 0.717) is 11.8 Å². The number of aromatic nitrogens is 2. The van der Waals surface area contributed by atoms with Crippen LogP contribution in [0.25, 0.3) is 11.5 Å². The number of esters is 2. The first-order valence-corrected chi connectivity index (χ1v) is 12.6. The number of thiophene rings is 1. The molecule has 3 aromatic heterocycles. The van der Waals surface area contributed by atoms with Crippen molar-refractivity contribution in [3.63, 3.8) is 0 Å². The van der Waals surface area contributed by atoms with Crippen molar-refractivity contribution < 1.29 is 41.4 Å². The molecule has 14 heteroatoms. The molecular weight excluding hydrogens is 535 g/mol. The van der Waals surface area contributed by atoms with Gasteiger partial charge in [-0.05, 0) is 51.5 Å². The van der Waals surface area contributed by atoms with Crippen LogP contribution < -0.4 is 5.32 Å². The van der Waals surface area contributed by atoms with Crippen LogP contribution >= 0.6 is 23.1 Å². The molecule has 37 heavy (non-hydrogen) atoms. The second-order valence-electron chi connectivity index (χ2n) is 7.67. The van der Waals surface area contributed by atoms with E-state index in [9.17, 15) is 27.6 Å². The SMILES string of the molecule is CCOC(=O)c1sc(NC(=O)CSc2nc(-c3ccco3)cc(C(F)(F)F)n2)c(C(=O)OC(C)C)c1C. The Labute approximate surface area is 217 Å². The molecule has 0 saturated carbocycles. The number of carbonyl (C=O) groups excluding carboxylic acids is 3. The van der Waals surface area contributed by atoms with Crippen molar-refractivity contribution in [1.82, 2.24) is 9.97 Å². The van der Waals surface area contributed by atoms with Gasteiger partial charge in [0.2, 0.25) is 5.91 Å². The lowest BCUT2D eigenvalue weighted by Gasteiger charge is -2.11. The Hall–Kier alpha value is -3.39. The lowest BCUT2D eigenvalue weighted by Crippen LogP contribution is -2.18. The number of anilines is 1. The summed E-state index contributed by atoms with van der Waals surface area (Å²) in [5.74, 6) is -2.36. The molecule has 198 valence electrons. The van der Waals surface area contributed by atoms with Gasteiger partial charge in [-0.1, -0.05) is 11.8 Å². The van der Waals surface area contributed by atoms with Gasteiger partial charge in [-0.25, -0.2) is 19.6 Å². The van der Waals surface area contributed by atoms with Crippen molar-refractivity contribution in [2.75, 3.05) is 17.7 Å². The van der Waals surface area contributed by atoms with E-state index in [4.69, 9.17) is 13.9 Å². The van der Waals surface area contributed by atoms with Gasteiger partial charge in [0.1, 0.15) is 21.3 Å². The van der Waals surface area contributed by atoms with Gasteiger partial charge in [-0.2, -0.15) is 13.2 Å². The highest BCUT2D eigenvalue weighted by atomic mass is 32.2. The Kier molecular flexibility index (Phi) is 8.97. The number of rotatable bonds is 9. The molecule has 0 fully saturated rings. The monoisotopic (exact) mass is 557 g/mol. The molecule has 0 spiro atoms. The van der Waals surface area contributed by atoms with E-state index in [2.05, 4.69) is 15.3 Å². The average molecular weight is 558 g/mol. The Balaban J connectivity index is 1.84. The number of carbonyl (C=O) groups is 3. The molecule has 1 N–H and O–H groups in total. The second kappa shape index (κ2) is 11.8. The highest BCUT2D eigenvalue weighted by Crippen LogP contribution is 2.35. The van der Waals surface area contributed by atoms with E-state index in [1.54, 1.807) is 20.8 Å². The Morgan fingerprint density at radius 3 is 2.54 bits per heavy atom. The van der Waals surface area contributed by atoms with Gasteiger partial charge < -0.3 is 19.2 Å². The van der Waals surface area contributed by atoms with Crippen molar-refractivity contribution in [1.29, 1.82) is 0 Å². The molecule has 1 amide bonds. The van der Waals surface area contributed by atoms with Crippen molar-refractivity contribution in [2.45, 2.75) is 45.1 Å². The summed E-state index contributed by atoms with van der Waals surface area (Å²) in [5, 5.41) is 2.29. The fourth-order valence-corrected chi connectivity index (χ4v) is 4.75. The second-order valence-corrected chi connectivity index (χ2v) is 9.63. The maximum absolute atomic E-state index is 13.4.